The van der Waals surface area contributed by atoms with E-state index in [0.29, 0.717) is 17.3 Å². The number of hydrogen-bond donors (Lipinski definition) is 2. The number of carbonyl (C=O) groups excluding carboxylic acids is 2. The Morgan fingerprint density at radius 2 is 1.93 bits per heavy atom. The van der Waals surface area contributed by atoms with E-state index < -0.39 is 6.03 Å². The van der Waals surface area contributed by atoms with Crippen LogP contribution in [0.4, 0.5) is 10.6 Å². The number of rotatable bonds is 5. The van der Waals surface area contributed by atoms with Gasteiger partial charge in [-0.3, -0.25) is 25.1 Å². The molecule has 0 spiro atoms. The van der Waals surface area contributed by atoms with Crippen LogP contribution in [0.3, 0.4) is 0 Å². The van der Waals surface area contributed by atoms with E-state index in [-0.39, 0.29) is 11.8 Å². The lowest BCUT2D eigenvalue weighted by Gasteiger charge is -2.09. The second kappa shape index (κ2) is 8.30. The van der Waals surface area contributed by atoms with E-state index >= 15 is 0 Å². The van der Waals surface area contributed by atoms with E-state index in [2.05, 4.69) is 25.7 Å². The lowest BCUT2D eigenvalue weighted by molar-refractivity contribution is -0.122. The van der Waals surface area contributed by atoms with Gasteiger partial charge >= 0.3 is 6.03 Å². The summed E-state index contributed by atoms with van der Waals surface area (Å²) in [6.45, 7) is 3.40. The normalized spacial score (nSPS) is 10.6. The molecule has 9 heteroatoms. The Morgan fingerprint density at radius 1 is 1.11 bits per heavy atom. The van der Waals surface area contributed by atoms with Crippen LogP contribution in [0.5, 0.6) is 11.5 Å². The average molecular weight is 380 g/mol. The van der Waals surface area contributed by atoms with Gasteiger partial charge in [0.15, 0.2) is 0 Å². The summed E-state index contributed by atoms with van der Waals surface area (Å²) < 4.78 is 7.49. The van der Waals surface area contributed by atoms with E-state index in [1.807, 2.05) is 13.2 Å². The smallest absolute Gasteiger partial charge is 0.327 e. The number of nitrogens with zero attached hydrogens (tertiary/aromatic N) is 4. The summed E-state index contributed by atoms with van der Waals surface area (Å²) >= 11 is 0. The van der Waals surface area contributed by atoms with Crippen molar-refractivity contribution in [2.24, 2.45) is 13.0 Å². The van der Waals surface area contributed by atoms with Gasteiger partial charge in [0.25, 0.3) is 0 Å². The second-order valence-corrected chi connectivity index (χ2v) is 6.36. The fraction of sp³-hybridized carbons (Fsp3) is 0.211. The number of hydrogen-bond acceptors (Lipinski definition) is 6. The minimum absolute atomic E-state index is 0.286. The molecule has 3 heterocycles. The van der Waals surface area contributed by atoms with E-state index in [9.17, 15) is 9.59 Å². The summed E-state index contributed by atoms with van der Waals surface area (Å²) in [6.07, 6.45) is 6.72. The molecule has 0 fully saturated rings. The standard InChI is InChI=1S/C19H20N6O3/c1-12(2)18(26)24-19(27)23-17-5-4-15(10-21-17)28-14-6-7-20-16(8-14)13-9-22-25(3)11-13/h4-12H,1-3H3,(H2,21,23,24,26,27). The highest BCUT2D eigenvalue weighted by Crippen LogP contribution is 2.25. The number of amides is 3. The Bertz CT molecular complexity index is 981. The van der Waals surface area contributed by atoms with E-state index in [4.69, 9.17) is 4.74 Å². The zero-order chi connectivity index (χ0) is 20.1. The van der Waals surface area contributed by atoms with Crippen LogP contribution < -0.4 is 15.4 Å². The van der Waals surface area contributed by atoms with Crippen molar-refractivity contribution in [3.05, 3.63) is 49.1 Å². The molecule has 0 saturated heterocycles. The van der Waals surface area contributed by atoms with Gasteiger partial charge in [0.1, 0.15) is 17.3 Å². The Balaban J connectivity index is 1.63. The predicted octanol–water partition coefficient (Wildman–Crippen LogP) is 2.97. The monoisotopic (exact) mass is 380 g/mol. The largest absolute Gasteiger partial charge is 0.456 e. The lowest BCUT2D eigenvalue weighted by Crippen LogP contribution is -2.37. The number of aryl methyl sites for hydroxylation is 1. The fourth-order valence-electron chi connectivity index (χ4n) is 2.24. The van der Waals surface area contributed by atoms with Crippen molar-refractivity contribution in [2.75, 3.05) is 5.32 Å². The van der Waals surface area contributed by atoms with Crippen LogP contribution in [-0.2, 0) is 11.8 Å². The maximum Gasteiger partial charge on any atom is 0.327 e. The molecule has 0 aliphatic heterocycles. The molecule has 0 atom stereocenters. The van der Waals surface area contributed by atoms with Crippen molar-refractivity contribution < 1.29 is 14.3 Å². The third-order valence-electron chi connectivity index (χ3n) is 3.71. The number of imide groups is 1. The SMILES string of the molecule is CC(C)C(=O)NC(=O)Nc1ccc(Oc2ccnc(-c3cnn(C)c3)c2)cn1. The fourth-order valence-corrected chi connectivity index (χ4v) is 2.24. The number of anilines is 1. The highest BCUT2D eigenvalue weighted by Gasteiger charge is 2.12. The van der Waals surface area contributed by atoms with Crippen LogP contribution in [0, 0.1) is 5.92 Å². The molecule has 28 heavy (non-hydrogen) atoms. The molecule has 0 radical (unpaired) electrons. The van der Waals surface area contributed by atoms with Crippen LogP contribution >= 0.6 is 0 Å². The van der Waals surface area contributed by atoms with Gasteiger partial charge in [0, 0.05) is 37.0 Å². The maximum absolute atomic E-state index is 11.7. The van der Waals surface area contributed by atoms with E-state index in [1.54, 1.807) is 55.2 Å². The first-order chi connectivity index (χ1) is 13.4. The topological polar surface area (TPSA) is 111 Å². The molecule has 9 nitrogen and oxygen atoms in total. The Kier molecular flexibility index (Phi) is 5.64. The minimum atomic E-state index is -0.630. The van der Waals surface area contributed by atoms with Crippen molar-refractivity contribution in [3.63, 3.8) is 0 Å². The number of urea groups is 1. The zero-order valence-electron chi connectivity index (χ0n) is 15.7. The zero-order valence-corrected chi connectivity index (χ0v) is 15.7. The second-order valence-electron chi connectivity index (χ2n) is 6.36. The molecule has 0 bridgehead atoms. The van der Waals surface area contributed by atoms with Crippen molar-refractivity contribution in [1.82, 2.24) is 25.1 Å². The molecule has 0 aromatic carbocycles. The summed E-state index contributed by atoms with van der Waals surface area (Å²) in [7, 11) is 1.84. The Morgan fingerprint density at radius 3 is 2.57 bits per heavy atom. The molecular formula is C19H20N6O3. The van der Waals surface area contributed by atoms with Crippen LogP contribution in [0.2, 0.25) is 0 Å². The molecule has 3 aromatic rings. The highest BCUT2D eigenvalue weighted by atomic mass is 16.5. The van der Waals surface area contributed by atoms with Crippen LogP contribution in [0.1, 0.15) is 13.8 Å². The molecular weight excluding hydrogens is 360 g/mol. The number of aromatic nitrogens is 4. The molecule has 3 amide bonds. The lowest BCUT2D eigenvalue weighted by atomic mass is 10.2. The molecule has 3 aromatic heterocycles. The summed E-state index contributed by atoms with van der Waals surface area (Å²) in [4.78, 5) is 31.7. The van der Waals surface area contributed by atoms with Gasteiger partial charge in [0.2, 0.25) is 5.91 Å². The van der Waals surface area contributed by atoms with Gasteiger partial charge < -0.3 is 4.74 Å². The molecule has 0 aliphatic rings. The van der Waals surface area contributed by atoms with Gasteiger partial charge in [-0.2, -0.15) is 5.10 Å². The third-order valence-corrected chi connectivity index (χ3v) is 3.71. The van der Waals surface area contributed by atoms with E-state index in [0.717, 1.165) is 11.3 Å². The molecule has 144 valence electrons. The van der Waals surface area contributed by atoms with Crippen LogP contribution in [0.25, 0.3) is 11.3 Å². The van der Waals surface area contributed by atoms with Crippen molar-refractivity contribution >= 4 is 17.8 Å². The van der Waals surface area contributed by atoms with Crippen LogP contribution in [-0.4, -0.2) is 31.7 Å². The molecule has 0 unspecified atom stereocenters. The molecule has 0 saturated carbocycles. The molecule has 3 rings (SSSR count). The Labute approximate surface area is 161 Å². The maximum atomic E-state index is 11.7. The number of pyridine rings is 2. The first-order valence-corrected chi connectivity index (χ1v) is 8.61. The Hall–Kier alpha value is -3.75. The third kappa shape index (κ3) is 4.91. The molecule has 2 N–H and O–H groups in total. The van der Waals surface area contributed by atoms with Crippen LogP contribution in [0.15, 0.2) is 49.1 Å². The van der Waals surface area contributed by atoms with Gasteiger partial charge in [-0.1, -0.05) is 13.8 Å². The first-order valence-electron chi connectivity index (χ1n) is 8.61. The van der Waals surface area contributed by atoms with Gasteiger partial charge in [-0.05, 0) is 18.2 Å². The summed E-state index contributed by atoms with van der Waals surface area (Å²) in [5.74, 6) is 0.738. The number of carbonyl (C=O) groups is 2. The van der Waals surface area contributed by atoms with Gasteiger partial charge in [0.05, 0.1) is 18.1 Å². The highest BCUT2D eigenvalue weighted by molar-refractivity contribution is 6.01. The predicted molar refractivity (Wildman–Crippen MR) is 103 cm³/mol. The number of nitrogens with one attached hydrogen (secondary N) is 2. The average Bonchev–Trinajstić information content (AvgIpc) is 3.10. The quantitative estimate of drug-likeness (QED) is 0.704. The minimum Gasteiger partial charge on any atom is -0.456 e. The van der Waals surface area contributed by atoms with Crippen molar-refractivity contribution in [1.29, 1.82) is 0 Å². The summed E-state index contributed by atoms with van der Waals surface area (Å²) in [5.41, 5.74) is 1.62. The summed E-state index contributed by atoms with van der Waals surface area (Å²) in [6, 6.07) is 6.15. The van der Waals surface area contributed by atoms with Crippen molar-refractivity contribution in [3.8, 4) is 22.8 Å². The first kappa shape index (κ1) is 19.0. The summed E-state index contributed by atoms with van der Waals surface area (Å²) in [5, 5.41) is 8.86. The van der Waals surface area contributed by atoms with Crippen molar-refractivity contribution in [2.45, 2.75) is 13.8 Å². The van der Waals surface area contributed by atoms with E-state index in [1.165, 1.54) is 6.20 Å². The molecule has 0 aliphatic carbocycles. The number of ether oxygens (including phenoxy) is 1. The van der Waals surface area contributed by atoms with Gasteiger partial charge in [-0.15, -0.1) is 0 Å². The van der Waals surface area contributed by atoms with Gasteiger partial charge in [-0.25, -0.2) is 9.78 Å².